The Morgan fingerprint density at radius 2 is 2.18 bits per heavy atom. The molecule has 2 N–H and O–H groups in total. The monoisotopic (exact) mass is 235 g/mol. The molecule has 0 aromatic heterocycles. The molecular formula is C14H21NO2. The van der Waals surface area contributed by atoms with E-state index in [0.717, 1.165) is 30.8 Å². The second-order valence-electron chi connectivity index (χ2n) is 4.71. The van der Waals surface area contributed by atoms with Crippen LogP contribution in [0.15, 0.2) is 12.1 Å². The Kier molecular flexibility index (Phi) is 3.69. The van der Waals surface area contributed by atoms with Gasteiger partial charge < -0.3 is 15.2 Å². The van der Waals surface area contributed by atoms with Gasteiger partial charge in [-0.05, 0) is 37.8 Å². The lowest BCUT2D eigenvalue weighted by atomic mass is 9.95. The third-order valence-electron chi connectivity index (χ3n) is 3.64. The number of methoxy groups -OCH3 is 1. The molecule has 0 saturated carbocycles. The number of hydrogen-bond donors (Lipinski definition) is 1. The molecule has 94 valence electrons. The molecule has 1 heterocycles. The molecule has 1 aliphatic rings. The molecule has 2 atom stereocenters. The van der Waals surface area contributed by atoms with Gasteiger partial charge in [-0.1, -0.05) is 12.1 Å². The zero-order valence-corrected chi connectivity index (χ0v) is 10.8. The summed E-state index contributed by atoms with van der Waals surface area (Å²) in [5, 5.41) is 0. The van der Waals surface area contributed by atoms with Gasteiger partial charge in [0.05, 0.1) is 19.3 Å². The normalized spacial score (nSPS) is 21.5. The smallest absolute Gasteiger partial charge is 0.126 e. The van der Waals surface area contributed by atoms with Crippen molar-refractivity contribution in [3.05, 3.63) is 28.8 Å². The van der Waals surface area contributed by atoms with E-state index in [1.165, 1.54) is 11.1 Å². The van der Waals surface area contributed by atoms with Crippen molar-refractivity contribution in [2.45, 2.75) is 38.8 Å². The van der Waals surface area contributed by atoms with E-state index in [2.05, 4.69) is 26.0 Å². The summed E-state index contributed by atoms with van der Waals surface area (Å²) in [6.07, 6.45) is 2.27. The summed E-state index contributed by atoms with van der Waals surface area (Å²) in [6, 6.07) is 4.07. The van der Waals surface area contributed by atoms with Crippen LogP contribution in [0.3, 0.4) is 0 Å². The quantitative estimate of drug-likeness (QED) is 0.875. The highest BCUT2D eigenvalue weighted by molar-refractivity contribution is 5.47. The van der Waals surface area contributed by atoms with Crippen molar-refractivity contribution in [1.82, 2.24) is 0 Å². The Morgan fingerprint density at radius 3 is 2.76 bits per heavy atom. The van der Waals surface area contributed by atoms with Gasteiger partial charge in [0, 0.05) is 12.2 Å². The van der Waals surface area contributed by atoms with E-state index in [0.29, 0.717) is 0 Å². The minimum Gasteiger partial charge on any atom is -0.496 e. The topological polar surface area (TPSA) is 44.5 Å². The van der Waals surface area contributed by atoms with Gasteiger partial charge in [0.15, 0.2) is 0 Å². The van der Waals surface area contributed by atoms with Gasteiger partial charge in [-0.25, -0.2) is 0 Å². The first-order valence-electron chi connectivity index (χ1n) is 6.16. The van der Waals surface area contributed by atoms with Gasteiger partial charge in [0.1, 0.15) is 5.75 Å². The van der Waals surface area contributed by atoms with E-state index in [9.17, 15) is 0 Å². The molecule has 1 aromatic carbocycles. The number of rotatable bonds is 3. The summed E-state index contributed by atoms with van der Waals surface area (Å²) in [5.41, 5.74) is 9.74. The zero-order valence-electron chi connectivity index (χ0n) is 10.8. The fourth-order valence-corrected chi connectivity index (χ4v) is 2.43. The maximum absolute atomic E-state index is 6.29. The Bertz CT molecular complexity index is 397. The van der Waals surface area contributed by atoms with Crippen molar-refractivity contribution in [2.24, 2.45) is 5.73 Å². The molecule has 3 heteroatoms. The predicted molar refractivity (Wildman–Crippen MR) is 68.4 cm³/mol. The summed E-state index contributed by atoms with van der Waals surface area (Å²) in [5.74, 6) is 0.910. The molecule has 0 spiro atoms. The molecule has 1 aromatic rings. The van der Waals surface area contributed by atoms with Crippen LogP contribution in [0.2, 0.25) is 0 Å². The van der Waals surface area contributed by atoms with Crippen LogP contribution < -0.4 is 10.5 Å². The molecular weight excluding hydrogens is 214 g/mol. The van der Waals surface area contributed by atoms with Crippen molar-refractivity contribution < 1.29 is 9.47 Å². The number of nitrogens with two attached hydrogens (primary N) is 1. The van der Waals surface area contributed by atoms with Gasteiger partial charge in [-0.2, -0.15) is 0 Å². The number of aryl methyl sites for hydroxylation is 1. The highest BCUT2D eigenvalue weighted by Crippen LogP contribution is 2.34. The highest BCUT2D eigenvalue weighted by atomic mass is 16.5. The first-order valence-corrected chi connectivity index (χ1v) is 6.16. The van der Waals surface area contributed by atoms with E-state index in [1.807, 2.05) is 0 Å². The van der Waals surface area contributed by atoms with Crippen molar-refractivity contribution in [2.75, 3.05) is 13.7 Å². The summed E-state index contributed by atoms with van der Waals surface area (Å²) in [7, 11) is 1.70. The first-order chi connectivity index (χ1) is 8.15. The van der Waals surface area contributed by atoms with Gasteiger partial charge >= 0.3 is 0 Å². The lowest BCUT2D eigenvalue weighted by molar-refractivity contribution is 0.0892. The van der Waals surface area contributed by atoms with Crippen LogP contribution in [0.5, 0.6) is 5.75 Å². The fraction of sp³-hybridized carbons (Fsp3) is 0.571. The number of hydrogen-bond acceptors (Lipinski definition) is 3. The van der Waals surface area contributed by atoms with Crippen molar-refractivity contribution in [3.8, 4) is 5.75 Å². The maximum Gasteiger partial charge on any atom is 0.126 e. The van der Waals surface area contributed by atoms with Crippen LogP contribution in [0, 0.1) is 13.8 Å². The maximum atomic E-state index is 6.29. The summed E-state index contributed by atoms with van der Waals surface area (Å²) in [6.45, 7) is 4.98. The molecule has 1 fully saturated rings. The van der Waals surface area contributed by atoms with Gasteiger partial charge in [0.2, 0.25) is 0 Å². The first kappa shape index (κ1) is 12.4. The van der Waals surface area contributed by atoms with Crippen molar-refractivity contribution >= 4 is 0 Å². The third-order valence-corrected chi connectivity index (χ3v) is 3.64. The van der Waals surface area contributed by atoms with Crippen molar-refractivity contribution in [3.63, 3.8) is 0 Å². The minimum atomic E-state index is -0.0910. The second-order valence-corrected chi connectivity index (χ2v) is 4.71. The largest absolute Gasteiger partial charge is 0.496 e. The summed E-state index contributed by atoms with van der Waals surface area (Å²) in [4.78, 5) is 0. The molecule has 2 unspecified atom stereocenters. The predicted octanol–water partition coefficient (Wildman–Crippen LogP) is 2.49. The van der Waals surface area contributed by atoms with Crippen LogP contribution in [-0.4, -0.2) is 19.8 Å². The summed E-state index contributed by atoms with van der Waals surface area (Å²) < 4.78 is 11.2. The summed E-state index contributed by atoms with van der Waals surface area (Å²) >= 11 is 0. The third kappa shape index (κ3) is 2.31. The molecule has 0 amide bonds. The molecule has 0 radical (unpaired) electrons. The lowest BCUT2D eigenvalue weighted by Gasteiger charge is -2.22. The SMILES string of the molecule is COc1c(C(N)C2CCCO2)ccc(C)c1C. The highest BCUT2D eigenvalue weighted by Gasteiger charge is 2.27. The Labute approximate surface area is 103 Å². The average Bonchev–Trinajstić information content (AvgIpc) is 2.85. The van der Waals surface area contributed by atoms with Gasteiger partial charge in [-0.3, -0.25) is 0 Å². The number of ether oxygens (including phenoxy) is 2. The van der Waals surface area contributed by atoms with Crippen LogP contribution in [0.4, 0.5) is 0 Å². The van der Waals surface area contributed by atoms with Crippen LogP contribution in [-0.2, 0) is 4.74 Å². The van der Waals surface area contributed by atoms with Crippen LogP contribution in [0.1, 0.15) is 35.6 Å². The van der Waals surface area contributed by atoms with E-state index >= 15 is 0 Å². The van der Waals surface area contributed by atoms with Crippen LogP contribution in [0.25, 0.3) is 0 Å². The van der Waals surface area contributed by atoms with Crippen LogP contribution >= 0.6 is 0 Å². The Balaban J connectivity index is 2.33. The molecule has 0 bridgehead atoms. The van der Waals surface area contributed by atoms with E-state index in [4.69, 9.17) is 15.2 Å². The molecule has 2 rings (SSSR count). The average molecular weight is 235 g/mol. The Morgan fingerprint density at radius 1 is 1.41 bits per heavy atom. The zero-order chi connectivity index (χ0) is 12.4. The van der Waals surface area contributed by atoms with E-state index in [-0.39, 0.29) is 12.1 Å². The molecule has 1 saturated heterocycles. The fourth-order valence-electron chi connectivity index (χ4n) is 2.43. The molecule has 3 nitrogen and oxygen atoms in total. The number of benzene rings is 1. The Hall–Kier alpha value is -1.06. The van der Waals surface area contributed by atoms with E-state index < -0.39 is 0 Å². The second kappa shape index (κ2) is 5.07. The standard InChI is InChI=1S/C14H21NO2/c1-9-6-7-11(14(16-3)10(9)2)13(15)12-5-4-8-17-12/h6-7,12-13H,4-5,8,15H2,1-3H3. The molecule has 17 heavy (non-hydrogen) atoms. The van der Waals surface area contributed by atoms with Gasteiger partial charge in [0.25, 0.3) is 0 Å². The minimum absolute atomic E-state index is 0.0910. The lowest BCUT2D eigenvalue weighted by Crippen LogP contribution is -2.26. The van der Waals surface area contributed by atoms with E-state index in [1.54, 1.807) is 7.11 Å². The van der Waals surface area contributed by atoms with Crippen molar-refractivity contribution in [1.29, 1.82) is 0 Å². The van der Waals surface area contributed by atoms with Gasteiger partial charge in [-0.15, -0.1) is 0 Å². The molecule has 1 aliphatic heterocycles. The molecule has 0 aliphatic carbocycles.